The lowest BCUT2D eigenvalue weighted by atomic mass is 10.0. The Morgan fingerprint density at radius 2 is 1.95 bits per heavy atom. The zero-order valence-corrected chi connectivity index (χ0v) is 11.9. The summed E-state index contributed by atoms with van der Waals surface area (Å²) in [6, 6.07) is 6.43. The van der Waals surface area contributed by atoms with E-state index in [2.05, 4.69) is 23.7 Å². The van der Waals surface area contributed by atoms with Crippen molar-refractivity contribution in [2.75, 3.05) is 7.05 Å². The average Bonchev–Trinajstić information content (AvgIpc) is 2.42. The molecule has 0 aliphatic carbocycles. The molecule has 1 aromatic carbocycles. The molecule has 0 N–H and O–H groups in total. The molecule has 106 valence electrons. The van der Waals surface area contributed by atoms with Gasteiger partial charge < -0.3 is 0 Å². The number of halogens is 2. The minimum absolute atomic E-state index is 0.242. The van der Waals surface area contributed by atoms with Gasteiger partial charge in [0.25, 0.3) is 0 Å². The van der Waals surface area contributed by atoms with Crippen LogP contribution in [0, 0.1) is 11.6 Å². The van der Waals surface area contributed by atoms with E-state index in [4.69, 9.17) is 0 Å². The summed E-state index contributed by atoms with van der Waals surface area (Å²) in [5.41, 5.74) is 1.81. The Balaban J connectivity index is 2.32. The summed E-state index contributed by atoms with van der Waals surface area (Å²) in [4.78, 5) is 6.28. The van der Waals surface area contributed by atoms with Crippen LogP contribution in [0.25, 0.3) is 11.1 Å². The summed E-state index contributed by atoms with van der Waals surface area (Å²) in [5, 5.41) is 0. The van der Waals surface area contributed by atoms with Crippen molar-refractivity contribution in [2.24, 2.45) is 0 Å². The molecule has 0 amide bonds. The molecule has 0 radical (unpaired) electrons. The largest absolute Gasteiger partial charge is 0.300 e. The van der Waals surface area contributed by atoms with E-state index in [0.717, 1.165) is 18.2 Å². The first-order valence-electron chi connectivity index (χ1n) is 6.57. The fourth-order valence-electron chi connectivity index (χ4n) is 1.92. The Kier molecular flexibility index (Phi) is 4.45. The Morgan fingerprint density at radius 3 is 2.65 bits per heavy atom. The van der Waals surface area contributed by atoms with Crippen LogP contribution in [0.5, 0.6) is 0 Å². The molecule has 20 heavy (non-hydrogen) atoms. The number of rotatable bonds is 4. The monoisotopic (exact) mass is 276 g/mol. The lowest BCUT2D eigenvalue weighted by molar-refractivity contribution is 0.265. The average molecular weight is 276 g/mol. The van der Waals surface area contributed by atoms with Crippen molar-refractivity contribution in [2.45, 2.75) is 26.4 Å². The minimum atomic E-state index is -0.841. The fourth-order valence-corrected chi connectivity index (χ4v) is 1.92. The van der Waals surface area contributed by atoms with Crippen LogP contribution in [0.1, 0.15) is 19.4 Å². The summed E-state index contributed by atoms with van der Waals surface area (Å²) < 4.78 is 27.1. The van der Waals surface area contributed by atoms with Gasteiger partial charge in [-0.25, -0.2) is 8.78 Å². The molecule has 0 saturated carbocycles. The minimum Gasteiger partial charge on any atom is -0.300 e. The fraction of sp³-hybridized carbons (Fsp3) is 0.312. The van der Waals surface area contributed by atoms with Gasteiger partial charge in [-0.05, 0) is 38.6 Å². The van der Waals surface area contributed by atoms with Gasteiger partial charge in [-0.15, -0.1) is 0 Å². The maximum Gasteiger partial charge on any atom is 0.166 e. The van der Waals surface area contributed by atoms with E-state index in [-0.39, 0.29) is 5.56 Å². The molecule has 0 aliphatic heterocycles. The zero-order valence-electron chi connectivity index (χ0n) is 11.9. The highest BCUT2D eigenvalue weighted by molar-refractivity contribution is 5.63. The molecular weight excluding hydrogens is 258 g/mol. The quantitative estimate of drug-likeness (QED) is 0.842. The predicted molar refractivity (Wildman–Crippen MR) is 76.2 cm³/mol. The summed E-state index contributed by atoms with van der Waals surface area (Å²) in [6.45, 7) is 4.92. The lowest BCUT2D eigenvalue weighted by Crippen LogP contribution is -2.25. The third-order valence-corrected chi connectivity index (χ3v) is 3.37. The van der Waals surface area contributed by atoms with Crippen molar-refractivity contribution < 1.29 is 8.78 Å². The molecule has 0 unspecified atom stereocenters. The number of hydrogen-bond donors (Lipinski definition) is 0. The van der Waals surface area contributed by atoms with Gasteiger partial charge in [0.1, 0.15) is 0 Å². The number of nitrogens with zero attached hydrogens (tertiary/aromatic N) is 2. The van der Waals surface area contributed by atoms with Crippen LogP contribution in [0.15, 0.2) is 36.7 Å². The second-order valence-corrected chi connectivity index (χ2v) is 5.19. The van der Waals surface area contributed by atoms with Crippen LogP contribution in [-0.2, 0) is 6.54 Å². The molecule has 0 bridgehead atoms. The smallest absolute Gasteiger partial charge is 0.166 e. The Morgan fingerprint density at radius 1 is 1.20 bits per heavy atom. The zero-order chi connectivity index (χ0) is 14.7. The van der Waals surface area contributed by atoms with Gasteiger partial charge in [0, 0.05) is 36.1 Å². The van der Waals surface area contributed by atoms with Crippen LogP contribution in [-0.4, -0.2) is 23.0 Å². The van der Waals surface area contributed by atoms with Crippen molar-refractivity contribution in [3.63, 3.8) is 0 Å². The van der Waals surface area contributed by atoms with Crippen molar-refractivity contribution >= 4 is 0 Å². The second kappa shape index (κ2) is 6.09. The van der Waals surface area contributed by atoms with E-state index < -0.39 is 11.6 Å². The van der Waals surface area contributed by atoms with Gasteiger partial charge in [-0.1, -0.05) is 12.1 Å². The van der Waals surface area contributed by atoms with Crippen LogP contribution in [0.3, 0.4) is 0 Å². The van der Waals surface area contributed by atoms with Gasteiger partial charge in [-0.2, -0.15) is 0 Å². The molecule has 0 aliphatic rings. The van der Waals surface area contributed by atoms with Crippen molar-refractivity contribution in [3.05, 3.63) is 53.9 Å². The summed E-state index contributed by atoms with van der Waals surface area (Å²) >= 11 is 0. The number of benzene rings is 1. The SMILES string of the molecule is CC(C)N(C)Cc1cncc(-c2cccc(F)c2F)c1. The van der Waals surface area contributed by atoms with Crippen molar-refractivity contribution in [3.8, 4) is 11.1 Å². The maximum absolute atomic E-state index is 13.8. The van der Waals surface area contributed by atoms with Crippen LogP contribution < -0.4 is 0 Å². The molecule has 2 aromatic rings. The van der Waals surface area contributed by atoms with Gasteiger partial charge in [-0.3, -0.25) is 9.88 Å². The highest BCUT2D eigenvalue weighted by atomic mass is 19.2. The second-order valence-electron chi connectivity index (χ2n) is 5.19. The van der Waals surface area contributed by atoms with Crippen molar-refractivity contribution in [1.82, 2.24) is 9.88 Å². The van der Waals surface area contributed by atoms with E-state index in [1.54, 1.807) is 18.5 Å². The van der Waals surface area contributed by atoms with Gasteiger partial charge >= 0.3 is 0 Å². The molecule has 1 heterocycles. The highest BCUT2D eigenvalue weighted by Crippen LogP contribution is 2.24. The molecule has 4 heteroatoms. The standard InChI is InChI=1S/C16H18F2N2/c1-11(2)20(3)10-12-7-13(9-19-8-12)14-5-4-6-15(17)16(14)18/h4-9,11H,10H2,1-3H3. The molecule has 0 spiro atoms. The molecule has 0 fully saturated rings. The first-order valence-corrected chi connectivity index (χ1v) is 6.57. The molecule has 2 nitrogen and oxygen atoms in total. The lowest BCUT2D eigenvalue weighted by Gasteiger charge is -2.21. The Hall–Kier alpha value is -1.81. The third-order valence-electron chi connectivity index (χ3n) is 3.37. The first kappa shape index (κ1) is 14.6. The summed E-state index contributed by atoms with van der Waals surface area (Å²) in [7, 11) is 2.01. The van der Waals surface area contributed by atoms with E-state index in [0.29, 0.717) is 11.6 Å². The topological polar surface area (TPSA) is 16.1 Å². The summed E-state index contributed by atoms with van der Waals surface area (Å²) in [5.74, 6) is -1.67. The van der Waals surface area contributed by atoms with Gasteiger partial charge in [0.2, 0.25) is 0 Å². The molecule has 0 atom stereocenters. The van der Waals surface area contributed by atoms with Gasteiger partial charge in [0.15, 0.2) is 11.6 Å². The van der Waals surface area contributed by atoms with E-state index in [9.17, 15) is 8.78 Å². The summed E-state index contributed by atoms with van der Waals surface area (Å²) in [6.07, 6.45) is 3.30. The van der Waals surface area contributed by atoms with E-state index >= 15 is 0 Å². The Labute approximate surface area is 118 Å². The normalized spacial score (nSPS) is 11.3. The van der Waals surface area contributed by atoms with Crippen molar-refractivity contribution in [1.29, 1.82) is 0 Å². The van der Waals surface area contributed by atoms with Crippen LogP contribution >= 0.6 is 0 Å². The van der Waals surface area contributed by atoms with E-state index in [1.807, 2.05) is 13.1 Å². The molecular formula is C16H18F2N2. The predicted octanol–water partition coefficient (Wildman–Crippen LogP) is 3.87. The van der Waals surface area contributed by atoms with Crippen LogP contribution in [0.2, 0.25) is 0 Å². The Bertz CT molecular complexity index is 597. The number of aromatic nitrogens is 1. The van der Waals surface area contributed by atoms with E-state index in [1.165, 1.54) is 6.07 Å². The first-order chi connectivity index (χ1) is 9.49. The van der Waals surface area contributed by atoms with Crippen LogP contribution in [0.4, 0.5) is 8.78 Å². The highest BCUT2D eigenvalue weighted by Gasteiger charge is 2.11. The molecule has 1 aromatic heterocycles. The molecule has 0 saturated heterocycles. The molecule has 2 rings (SSSR count). The number of pyridine rings is 1. The number of hydrogen-bond acceptors (Lipinski definition) is 2. The van der Waals surface area contributed by atoms with Gasteiger partial charge in [0.05, 0.1) is 0 Å². The third kappa shape index (κ3) is 3.20. The maximum atomic E-state index is 13.8.